The van der Waals surface area contributed by atoms with Gasteiger partial charge in [-0.05, 0) is 63.2 Å². The van der Waals surface area contributed by atoms with E-state index in [1.807, 2.05) is 12.1 Å². The fourth-order valence-electron chi connectivity index (χ4n) is 3.02. The van der Waals surface area contributed by atoms with Crippen LogP contribution in [0.3, 0.4) is 0 Å². The molecular formula is C22H26N2O5. The molecule has 2 rings (SSSR count). The highest BCUT2D eigenvalue weighted by atomic mass is 16.5. The average Bonchev–Trinajstić information content (AvgIpc) is 2.72. The van der Waals surface area contributed by atoms with E-state index in [1.54, 1.807) is 12.1 Å². The second kappa shape index (κ2) is 9.73. The third-order valence-electron chi connectivity index (χ3n) is 4.46. The lowest BCUT2D eigenvalue weighted by atomic mass is 10.1. The SMILES string of the molecule is CCN(c1ccc(C(=O)Nc2cc(C(=O)OC)cc(C(=O)OC)c2)cc1)C(C)C. The van der Waals surface area contributed by atoms with Crippen molar-refractivity contribution in [1.29, 1.82) is 0 Å². The van der Waals surface area contributed by atoms with Crippen LogP contribution in [-0.2, 0) is 9.47 Å². The Labute approximate surface area is 170 Å². The summed E-state index contributed by atoms with van der Waals surface area (Å²) < 4.78 is 9.41. The summed E-state index contributed by atoms with van der Waals surface area (Å²) in [5.41, 5.74) is 2.05. The summed E-state index contributed by atoms with van der Waals surface area (Å²) in [7, 11) is 2.48. The number of anilines is 2. The van der Waals surface area contributed by atoms with Crippen molar-refractivity contribution in [3.63, 3.8) is 0 Å². The van der Waals surface area contributed by atoms with Gasteiger partial charge in [0.1, 0.15) is 0 Å². The van der Waals surface area contributed by atoms with E-state index in [0.29, 0.717) is 17.3 Å². The fraction of sp³-hybridized carbons (Fsp3) is 0.318. The van der Waals surface area contributed by atoms with Crippen molar-refractivity contribution in [3.8, 4) is 0 Å². The van der Waals surface area contributed by atoms with Crippen molar-refractivity contribution in [2.24, 2.45) is 0 Å². The molecule has 0 aromatic heterocycles. The molecule has 0 aliphatic heterocycles. The minimum atomic E-state index is -0.621. The van der Waals surface area contributed by atoms with Gasteiger partial charge in [-0.2, -0.15) is 0 Å². The van der Waals surface area contributed by atoms with Crippen LogP contribution >= 0.6 is 0 Å². The normalized spacial score (nSPS) is 10.4. The number of methoxy groups -OCH3 is 2. The first-order valence-electron chi connectivity index (χ1n) is 9.30. The van der Waals surface area contributed by atoms with Gasteiger partial charge in [0.25, 0.3) is 5.91 Å². The van der Waals surface area contributed by atoms with Crippen LogP contribution in [0, 0.1) is 0 Å². The Hall–Kier alpha value is -3.35. The van der Waals surface area contributed by atoms with Crippen molar-refractivity contribution in [1.82, 2.24) is 0 Å². The number of hydrogen-bond donors (Lipinski definition) is 1. The van der Waals surface area contributed by atoms with Crippen molar-refractivity contribution >= 4 is 29.2 Å². The van der Waals surface area contributed by atoms with Gasteiger partial charge in [-0.1, -0.05) is 0 Å². The maximum atomic E-state index is 12.6. The molecule has 2 aromatic carbocycles. The molecule has 0 bridgehead atoms. The molecule has 29 heavy (non-hydrogen) atoms. The number of carbonyl (C=O) groups is 3. The zero-order chi connectivity index (χ0) is 21.6. The van der Waals surface area contributed by atoms with Crippen LogP contribution in [0.1, 0.15) is 51.8 Å². The van der Waals surface area contributed by atoms with Gasteiger partial charge in [-0.25, -0.2) is 9.59 Å². The summed E-state index contributed by atoms with van der Waals surface area (Å²) in [6.45, 7) is 7.16. The molecule has 7 heteroatoms. The minimum Gasteiger partial charge on any atom is -0.465 e. The lowest BCUT2D eigenvalue weighted by Crippen LogP contribution is -2.30. The molecule has 0 aliphatic carbocycles. The van der Waals surface area contributed by atoms with E-state index in [1.165, 1.54) is 32.4 Å². The highest BCUT2D eigenvalue weighted by molar-refractivity contribution is 6.06. The summed E-state index contributed by atoms with van der Waals surface area (Å²) in [6.07, 6.45) is 0. The zero-order valence-corrected chi connectivity index (χ0v) is 17.3. The van der Waals surface area contributed by atoms with Gasteiger partial charge in [0.05, 0.1) is 25.3 Å². The topological polar surface area (TPSA) is 84.9 Å². The second-order valence-electron chi connectivity index (χ2n) is 6.66. The van der Waals surface area contributed by atoms with Crippen LogP contribution < -0.4 is 10.2 Å². The first kappa shape index (κ1) is 21.9. The first-order chi connectivity index (χ1) is 13.8. The molecule has 0 atom stereocenters. The second-order valence-corrected chi connectivity index (χ2v) is 6.66. The van der Waals surface area contributed by atoms with E-state index < -0.39 is 11.9 Å². The summed E-state index contributed by atoms with van der Waals surface area (Å²) in [4.78, 5) is 38.6. The van der Waals surface area contributed by atoms with Crippen LogP contribution in [0.5, 0.6) is 0 Å². The summed E-state index contributed by atoms with van der Waals surface area (Å²) in [5.74, 6) is -1.60. The molecule has 0 aliphatic rings. The molecule has 0 unspecified atom stereocenters. The summed E-state index contributed by atoms with van der Waals surface area (Å²) >= 11 is 0. The zero-order valence-electron chi connectivity index (χ0n) is 17.3. The Balaban J connectivity index is 2.27. The molecule has 7 nitrogen and oxygen atoms in total. The summed E-state index contributed by atoms with van der Waals surface area (Å²) in [6, 6.07) is 11.9. The number of benzene rings is 2. The molecule has 1 amide bonds. The number of ether oxygens (including phenoxy) is 2. The molecular weight excluding hydrogens is 372 g/mol. The van der Waals surface area contributed by atoms with Gasteiger partial charge < -0.3 is 19.7 Å². The van der Waals surface area contributed by atoms with E-state index in [9.17, 15) is 14.4 Å². The van der Waals surface area contributed by atoms with Gasteiger partial charge in [0.2, 0.25) is 0 Å². The molecule has 0 radical (unpaired) electrons. The largest absolute Gasteiger partial charge is 0.465 e. The Kier molecular flexibility index (Phi) is 7.36. The lowest BCUT2D eigenvalue weighted by molar-refractivity contribution is 0.0599. The molecule has 0 spiro atoms. The van der Waals surface area contributed by atoms with Crippen molar-refractivity contribution in [2.75, 3.05) is 31.0 Å². The van der Waals surface area contributed by atoms with Crippen molar-refractivity contribution in [2.45, 2.75) is 26.8 Å². The molecule has 154 valence electrons. The lowest BCUT2D eigenvalue weighted by Gasteiger charge is -2.27. The molecule has 0 saturated carbocycles. The third kappa shape index (κ3) is 5.34. The van der Waals surface area contributed by atoms with E-state index in [-0.39, 0.29) is 17.0 Å². The van der Waals surface area contributed by atoms with Crippen LogP contribution in [0.25, 0.3) is 0 Å². The number of nitrogens with zero attached hydrogens (tertiary/aromatic N) is 1. The molecule has 0 heterocycles. The van der Waals surface area contributed by atoms with Crippen LogP contribution in [0.2, 0.25) is 0 Å². The molecule has 2 aromatic rings. The standard InChI is InChI=1S/C22H26N2O5/c1-6-24(14(2)3)19-9-7-15(8-10-19)20(25)23-18-12-16(21(26)28-4)11-17(13-18)22(27)29-5/h7-14H,6H2,1-5H3,(H,23,25). The van der Waals surface area contributed by atoms with Crippen LogP contribution in [0.15, 0.2) is 42.5 Å². The van der Waals surface area contributed by atoms with E-state index >= 15 is 0 Å². The van der Waals surface area contributed by atoms with E-state index in [2.05, 4.69) is 31.0 Å². The van der Waals surface area contributed by atoms with Gasteiger partial charge in [0, 0.05) is 29.5 Å². The third-order valence-corrected chi connectivity index (χ3v) is 4.46. The number of rotatable bonds is 7. The predicted molar refractivity (Wildman–Crippen MR) is 112 cm³/mol. The van der Waals surface area contributed by atoms with Gasteiger partial charge in [0.15, 0.2) is 0 Å². The predicted octanol–water partition coefficient (Wildman–Crippen LogP) is 3.75. The van der Waals surface area contributed by atoms with Gasteiger partial charge in [-0.15, -0.1) is 0 Å². The van der Waals surface area contributed by atoms with Gasteiger partial charge >= 0.3 is 11.9 Å². The number of carbonyl (C=O) groups excluding carboxylic acids is 3. The van der Waals surface area contributed by atoms with Crippen LogP contribution in [0.4, 0.5) is 11.4 Å². The highest BCUT2D eigenvalue weighted by Crippen LogP contribution is 2.20. The molecule has 1 N–H and O–H groups in total. The summed E-state index contributed by atoms with van der Waals surface area (Å²) in [5, 5.41) is 2.71. The number of nitrogens with one attached hydrogen (secondary N) is 1. The Bertz CT molecular complexity index is 856. The number of amides is 1. The number of esters is 2. The Morgan fingerprint density at radius 1 is 0.897 bits per heavy atom. The first-order valence-corrected chi connectivity index (χ1v) is 9.30. The molecule has 0 saturated heterocycles. The Morgan fingerprint density at radius 2 is 1.41 bits per heavy atom. The van der Waals surface area contributed by atoms with Crippen LogP contribution in [-0.4, -0.2) is 44.7 Å². The van der Waals surface area contributed by atoms with Crippen molar-refractivity contribution < 1.29 is 23.9 Å². The van der Waals surface area contributed by atoms with Crippen molar-refractivity contribution in [3.05, 3.63) is 59.2 Å². The maximum Gasteiger partial charge on any atom is 0.337 e. The minimum absolute atomic E-state index is 0.136. The fourth-order valence-corrected chi connectivity index (χ4v) is 3.02. The maximum absolute atomic E-state index is 12.6. The number of hydrogen-bond acceptors (Lipinski definition) is 6. The smallest absolute Gasteiger partial charge is 0.337 e. The van der Waals surface area contributed by atoms with E-state index in [0.717, 1.165) is 12.2 Å². The van der Waals surface area contributed by atoms with E-state index in [4.69, 9.17) is 9.47 Å². The molecule has 0 fully saturated rings. The quantitative estimate of drug-likeness (QED) is 0.715. The average molecular weight is 398 g/mol. The highest BCUT2D eigenvalue weighted by Gasteiger charge is 2.16. The Morgan fingerprint density at radius 3 is 1.83 bits per heavy atom. The van der Waals surface area contributed by atoms with Gasteiger partial charge in [-0.3, -0.25) is 4.79 Å². The monoisotopic (exact) mass is 398 g/mol.